The van der Waals surface area contributed by atoms with Crippen LogP contribution >= 0.6 is 12.4 Å². The van der Waals surface area contributed by atoms with Crippen molar-refractivity contribution in [2.24, 2.45) is 11.7 Å². The molecule has 1 fully saturated rings. The molecule has 1 aromatic rings. The Morgan fingerprint density at radius 1 is 1.21 bits per heavy atom. The van der Waals surface area contributed by atoms with Gasteiger partial charge in [-0.15, -0.1) is 12.4 Å². The highest BCUT2D eigenvalue weighted by Crippen LogP contribution is 2.32. The molecule has 1 aliphatic rings. The van der Waals surface area contributed by atoms with Gasteiger partial charge < -0.3 is 15.2 Å². The highest BCUT2D eigenvalue weighted by atomic mass is 35.5. The molecule has 2 rings (SSSR count). The topological polar surface area (TPSA) is 81.9 Å². The van der Waals surface area contributed by atoms with Gasteiger partial charge in [-0.05, 0) is 51.3 Å². The van der Waals surface area contributed by atoms with Crippen molar-refractivity contribution in [2.75, 3.05) is 32.8 Å². The van der Waals surface area contributed by atoms with E-state index in [1.54, 1.807) is 18.2 Å². The van der Waals surface area contributed by atoms with Gasteiger partial charge in [-0.2, -0.15) is 4.31 Å². The number of hydrogen-bond donors (Lipinski definition) is 1. The standard InChI is InChI=1S/C16H26N2O4S.ClH/c1-3-21-15-8-7-14(10-16(15)22-4-2)23(19,20)18-9-5-6-13(11-17)12-18;/h7-8,10,13H,3-6,9,11-12,17H2,1-2H3;1H. The molecular weight excluding hydrogens is 352 g/mol. The average Bonchev–Trinajstić information content (AvgIpc) is 2.57. The van der Waals surface area contributed by atoms with Crippen molar-refractivity contribution in [3.63, 3.8) is 0 Å². The predicted octanol–water partition coefficient (Wildman–Crippen LogP) is 2.27. The number of hydrogen-bond acceptors (Lipinski definition) is 5. The molecule has 8 heteroatoms. The molecule has 1 aromatic carbocycles. The minimum Gasteiger partial charge on any atom is -0.490 e. The third kappa shape index (κ3) is 4.75. The van der Waals surface area contributed by atoms with Gasteiger partial charge in [0.25, 0.3) is 0 Å². The maximum absolute atomic E-state index is 12.9. The molecule has 1 saturated heterocycles. The van der Waals surface area contributed by atoms with Crippen molar-refractivity contribution in [1.29, 1.82) is 0 Å². The second-order valence-electron chi connectivity index (χ2n) is 5.58. The van der Waals surface area contributed by atoms with Crippen molar-refractivity contribution < 1.29 is 17.9 Å². The van der Waals surface area contributed by atoms with E-state index in [1.165, 1.54) is 4.31 Å². The maximum atomic E-state index is 12.9. The molecule has 0 aliphatic carbocycles. The molecule has 0 radical (unpaired) electrons. The molecule has 6 nitrogen and oxygen atoms in total. The lowest BCUT2D eigenvalue weighted by atomic mass is 10.0. The molecule has 1 heterocycles. The van der Waals surface area contributed by atoms with E-state index in [1.807, 2.05) is 13.8 Å². The molecule has 1 unspecified atom stereocenters. The van der Waals surface area contributed by atoms with E-state index in [0.29, 0.717) is 44.3 Å². The van der Waals surface area contributed by atoms with Crippen LogP contribution in [0.1, 0.15) is 26.7 Å². The van der Waals surface area contributed by atoms with E-state index in [-0.39, 0.29) is 23.2 Å². The Kier molecular flexibility index (Phi) is 8.29. The minimum absolute atomic E-state index is 0. The predicted molar refractivity (Wildman–Crippen MR) is 96.6 cm³/mol. The average molecular weight is 379 g/mol. The first-order chi connectivity index (χ1) is 11.0. The lowest BCUT2D eigenvalue weighted by Crippen LogP contribution is -2.41. The smallest absolute Gasteiger partial charge is 0.243 e. The van der Waals surface area contributed by atoms with Crippen LogP contribution in [-0.2, 0) is 10.0 Å². The summed E-state index contributed by atoms with van der Waals surface area (Å²) in [5, 5.41) is 0. The third-order valence-corrected chi connectivity index (χ3v) is 5.83. The zero-order valence-corrected chi connectivity index (χ0v) is 15.9. The first-order valence-corrected chi connectivity index (χ1v) is 9.56. The molecular formula is C16H27ClN2O4S. The number of nitrogens with zero attached hydrogens (tertiary/aromatic N) is 1. The first-order valence-electron chi connectivity index (χ1n) is 8.12. The summed E-state index contributed by atoms with van der Waals surface area (Å²) in [4.78, 5) is 0.238. The van der Waals surface area contributed by atoms with Gasteiger partial charge in [0.1, 0.15) is 0 Å². The summed E-state index contributed by atoms with van der Waals surface area (Å²) in [6, 6.07) is 4.79. The van der Waals surface area contributed by atoms with Crippen molar-refractivity contribution in [1.82, 2.24) is 4.31 Å². The van der Waals surface area contributed by atoms with Crippen LogP contribution in [0.4, 0.5) is 0 Å². The molecule has 2 N–H and O–H groups in total. The summed E-state index contributed by atoms with van der Waals surface area (Å²) in [6.07, 6.45) is 1.83. The fourth-order valence-corrected chi connectivity index (χ4v) is 4.35. The van der Waals surface area contributed by atoms with Gasteiger partial charge in [0.2, 0.25) is 10.0 Å². The first kappa shape index (κ1) is 21.0. The van der Waals surface area contributed by atoms with Crippen LogP contribution in [0.3, 0.4) is 0 Å². The van der Waals surface area contributed by atoms with Crippen molar-refractivity contribution in [2.45, 2.75) is 31.6 Å². The SMILES string of the molecule is CCOc1ccc(S(=O)(=O)N2CCCC(CN)C2)cc1OCC.Cl. The van der Waals surface area contributed by atoms with Gasteiger partial charge in [-0.25, -0.2) is 8.42 Å². The fourth-order valence-electron chi connectivity index (χ4n) is 2.78. The Morgan fingerprint density at radius 2 is 1.88 bits per heavy atom. The Labute approximate surface area is 150 Å². The molecule has 1 atom stereocenters. The molecule has 0 aromatic heterocycles. The van der Waals surface area contributed by atoms with Gasteiger partial charge >= 0.3 is 0 Å². The molecule has 138 valence electrons. The molecule has 0 spiro atoms. The zero-order chi connectivity index (χ0) is 16.9. The van der Waals surface area contributed by atoms with Gasteiger partial charge in [-0.3, -0.25) is 0 Å². The van der Waals surface area contributed by atoms with Crippen LogP contribution in [0.2, 0.25) is 0 Å². The van der Waals surface area contributed by atoms with E-state index < -0.39 is 10.0 Å². The van der Waals surface area contributed by atoms with Crippen LogP contribution in [0.25, 0.3) is 0 Å². The third-order valence-electron chi connectivity index (χ3n) is 3.97. The number of halogens is 1. The minimum atomic E-state index is -3.54. The van der Waals surface area contributed by atoms with Crippen molar-refractivity contribution in [3.05, 3.63) is 18.2 Å². The lowest BCUT2D eigenvalue weighted by molar-refractivity contribution is 0.270. The number of benzene rings is 1. The number of ether oxygens (including phenoxy) is 2. The fraction of sp³-hybridized carbons (Fsp3) is 0.625. The molecule has 24 heavy (non-hydrogen) atoms. The molecule has 1 aliphatic heterocycles. The second-order valence-corrected chi connectivity index (χ2v) is 7.52. The number of sulfonamides is 1. The summed E-state index contributed by atoms with van der Waals surface area (Å²) in [5.41, 5.74) is 5.71. The van der Waals surface area contributed by atoms with Gasteiger partial charge in [0.05, 0.1) is 18.1 Å². The van der Waals surface area contributed by atoms with E-state index in [9.17, 15) is 8.42 Å². The highest BCUT2D eigenvalue weighted by molar-refractivity contribution is 7.89. The Hall–Kier alpha value is -1.02. The quantitative estimate of drug-likeness (QED) is 0.787. The summed E-state index contributed by atoms with van der Waals surface area (Å²) in [5.74, 6) is 1.25. The normalized spacial score (nSPS) is 18.7. The van der Waals surface area contributed by atoms with Crippen LogP contribution in [0.5, 0.6) is 11.5 Å². The van der Waals surface area contributed by atoms with Crippen molar-refractivity contribution in [3.8, 4) is 11.5 Å². The van der Waals surface area contributed by atoms with E-state index in [2.05, 4.69) is 0 Å². The summed E-state index contributed by atoms with van der Waals surface area (Å²) in [6.45, 7) is 6.21. The Balaban J connectivity index is 0.00000288. The van der Waals surface area contributed by atoms with Crippen LogP contribution < -0.4 is 15.2 Å². The number of rotatable bonds is 7. The molecule has 0 saturated carbocycles. The van der Waals surface area contributed by atoms with Crippen LogP contribution in [-0.4, -0.2) is 45.6 Å². The molecule has 0 bridgehead atoms. The second kappa shape index (κ2) is 9.46. The molecule has 0 amide bonds. The number of nitrogens with two attached hydrogens (primary N) is 1. The van der Waals surface area contributed by atoms with Crippen LogP contribution in [0, 0.1) is 5.92 Å². The van der Waals surface area contributed by atoms with Gasteiger partial charge in [0, 0.05) is 19.2 Å². The van der Waals surface area contributed by atoms with Gasteiger partial charge in [0.15, 0.2) is 11.5 Å². The number of piperidine rings is 1. The Bertz CT molecular complexity index is 625. The van der Waals surface area contributed by atoms with Crippen molar-refractivity contribution >= 4 is 22.4 Å². The van der Waals surface area contributed by atoms with Gasteiger partial charge in [-0.1, -0.05) is 0 Å². The monoisotopic (exact) mass is 378 g/mol. The zero-order valence-electron chi connectivity index (χ0n) is 14.2. The highest BCUT2D eigenvalue weighted by Gasteiger charge is 2.30. The Morgan fingerprint density at radius 3 is 2.50 bits per heavy atom. The van der Waals surface area contributed by atoms with Crippen LogP contribution in [0.15, 0.2) is 23.1 Å². The lowest BCUT2D eigenvalue weighted by Gasteiger charge is -2.31. The van der Waals surface area contributed by atoms with E-state index in [4.69, 9.17) is 15.2 Å². The summed E-state index contributed by atoms with van der Waals surface area (Å²) in [7, 11) is -3.54. The maximum Gasteiger partial charge on any atom is 0.243 e. The summed E-state index contributed by atoms with van der Waals surface area (Å²) >= 11 is 0. The van der Waals surface area contributed by atoms with E-state index >= 15 is 0 Å². The largest absolute Gasteiger partial charge is 0.490 e. The van der Waals surface area contributed by atoms with E-state index in [0.717, 1.165) is 12.8 Å². The summed E-state index contributed by atoms with van der Waals surface area (Å²) < 4.78 is 38.3.